The average molecular weight is 606 g/mol. The summed E-state index contributed by atoms with van der Waals surface area (Å²) in [7, 11) is 0. The number of hydrogen-bond donors (Lipinski definition) is 5. The van der Waals surface area contributed by atoms with Crippen molar-refractivity contribution in [2.45, 2.75) is 115 Å². The van der Waals surface area contributed by atoms with Crippen LogP contribution >= 0.6 is 0 Å². The summed E-state index contributed by atoms with van der Waals surface area (Å²) in [6.45, 7) is 6.80. The van der Waals surface area contributed by atoms with E-state index >= 15 is 0 Å². The minimum atomic E-state index is -0.949. The van der Waals surface area contributed by atoms with Crippen LogP contribution < -0.4 is 26.2 Å². The van der Waals surface area contributed by atoms with E-state index in [1.165, 1.54) is 6.42 Å². The van der Waals surface area contributed by atoms with E-state index in [4.69, 9.17) is 0 Å². The van der Waals surface area contributed by atoms with E-state index < -0.39 is 18.2 Å². The highest BCUT2D eigenvalue weighted by Crippen LogP contribution is 2.28. The lowest BCUT2D eigenvalue weighted by Crippen LogP contribution is -2.53. The monoisotopic (exact) mass is 605 g/mol. The summed E-state index contributed by atoms with van der Waals surface area (Å²) in [4.78, 5) is 40.9. The van der Waals surface area contributed by atoms with Crippen LogP contribution in [0.15, 0.2) is 48.5 Å². The van der Waals surface area contributed by atoms with Crippen molar-refractivity contribution < 1.29 is 19.5 Å². The molecule has 0 bridgehead atoms. The van der Waals surface area contributed by atoms with E-state index in [0.29, 0.717) is 30.6 Å². The molecule has 2 aliphatic rings. The van der Waals surface area contributed by atoms with Crippen LogP contribution in [0.4, 0.5) is 11.4 Å². The third-order valence-electron chi connectivity index (χ3n) is 8.98. The minimum Gasteiger partial charge on any atom is -0.390 e. The van der Waals surface area contributed by atoms with Crippen molar-refractivity contribution in [1.29, 1.82) is 0 Å². The highest BCUT2D eigenvalue weighted by atomic mass is 16.3. The summed E-state index contributed by atoms with van der Waals surface area (Å²) in [5.74, 6) is -0.339. The number of amides is 3. The first-order valence-corrected chi connectivity index (χ1v) is 16.6. The van der Waals surface area contributed by atoms with E-state index in [0.717, 1.165) is 56.2 Å². The Labute approximate surface area is 262 Å². The third-order valence-corrected chi connectivity index (χ3v) is 8.98. The summed E-state index contributed by atoms with van der Waals surface area (Å²) >= 11 is 0. The number of hydrogen-bond acceptors (Lipinski definition) is 6. The Morgan fingerprint density at radius 2 is 1.73 bits per heavy atom. The van der Waals surface area contributed by atoms with Crippen LogP contribution in [0.1, 0.15) is 94.5 Å². The molecular weight excluding hydrogens is 554 g/mol. The molecule has 1 aliphatic carbocycles. The highest BCUT2D eigenvalue weighted by molar-refractivity contribution is 6.00. The van der Waals surface area contributed by atoms with Gasteiger partial charge in [0, 0.05) is 48.5 Å². The fourth-order valence-electron chi connectivity index (χ4n) is 6.14. The van der Waals surface area contributed by atoms with E-state index in [9.17, 15) is 19.5 Å². The summed E-state index contributed by atoms with van der Waals surface area (Å²) in [6, 6.07) is 14.6. The van der Waals surface area contributed by atoms with Gasteiger partial charge < -0.3 is 31.3 Å². The molecule has 1 aliphatic heterocycles. The zero-order chi connectivity index (χ0) is 31.5. The summed E-state index contributed by atoms with van der Waals surface area (Å²) in [5.41, 5.74) is 2.90. The van der Waals surface area contributed by atoms with Crippen molar-refractivity contribution >= 4 is 29.1 Å². The van der Waals surface area contributed by atoms with E-state index in [1.54, 1.807) is 17.9 Å². The summed E-state index contributed by atoms with van der Waals surface area (Å²) < 4.78 is 0. The van der Waals surface area contributed by atoms with Gasteiger partial charge in [0.25, 0.3) is 5.91 Å². The Hall–Kier alpha value is -3.43. The van der Waals surface area contributed by atoms with Gasteiger partial charge in [0.15, 0.2) is 0 Å². The Morgan fingerprint density at radius 3 is 2.39 bits per heavy atom. The standard InChI is InChI=1S/C35H51N5O4/c1-4-27(5-2)37-29-20-26(21-30(22-29)40-18-12-17-33(40)42)35(44)39-31(19-25-13-8-6-9-14-25)32(41)23-36-24(3)34(43)38-28-15-10-7-11-16-28/h6,8-9,13-14,20-22,24,27-28,31-32,36-37,41H,4-5,7,10-12,15-19,23H2,1-3H3,(H,38,43)(H,39,44)/t24-,31?,32+/m0/s1. The number of nitrogens with zero attached hydrogens (tertiary/aromatic N) is 1. The van der Waals surface area contributed by atoms with Gasteiger partial charge in [-0.1, -0.05) is 63.4 Å². The zero-order valence-electron chi connectivity index (χ0n) is 26.6. The molecule has 1 heterocycles. The molecule has 9 nitrogen and oxygen atoms in total. The first-order valence-electron chi connectivity index (χ1n) is 16.6. The predicted octanol–water partition coefficient (Wildman–Crippen LogP) is 4.54. The molecule has 9 heteroatoms. The maximum absolute atomic E-state index is 13.8. The maximum Gasteiger partial charge on any atom is 0.251 e. The Morgan fingerprint density at radius 1 is 1.00 bits per heavy atom. The molecular formula is C35H51N5O4. The van der Waals surface area contributed by atoms with Crippen molar-refractivity contribution in [3.63, 3.8) is 0 Å². The smallest absolute Gasteiger partial charge is 0.251 e. The molecule has 1 saturated heterocycles. The number of aliphatic hydroxyl groups excluding tert-OH is 1. The lowest BCUT2D eigenvalue weighted by Gasteiger charge is -2.28. The largest absolute Gasteiger partial charge is 0.390 e. The van der Waals surface area contributed by atoms with Crippen molar-refractivity contribution in [1.82, 2.24) is 16.0 Å². The zero-order valence-corrected chi connectivity index (χ0v) is 26.6. The molecule has 2 fully saturated rings. The second kappa shape index (κ2) is 16.6. The van der Waals surface area contributed by atoms with Crippen LogP contribution in [0.3, 0.4) is 0 Å². The molecule has 1 saturated carbocycles. The summed E-state index contributed by atoms with van der Waals surface area (Å²) in [5, 5.41) is 24.3. The number of carbonyl (C=O) groups excluding carboxylic acids is 3. The van der Waals surface area contributed by atoms with Crippen molar-refractivity contribution in [2.75, 3.05) is 23.3 Å². The number of aliphatic hydroxyl groups is 1. The van der Waals surface area contributed by atoms with Crippen LogP contribution in [-0.4, -0.2) is 66.2 Å². The molecule has 44 heavy (non-hydrogen) atoms. The van der Waals surface area contributed by atoms with Gasteiger partial charge >= 0.3 is 0 Å². The molecule has 3 amide bonds. The second-order valence-electron chi connectivity index (χ2n) is 12.4. The average Bonchev–Trinajstić information content (AvgIpc) is 3.48. The van der Waals surface area contributed by atoms with Crippen LogP contribution in [-0.2, 0) is 16.0 Å². The van der Waals surface area contributed by atoms with E-state index in [2.05, 4.69) is 35.1 Å². The lowest BCUT2D eigenvalue weighted by atomic mass is 9.95. The quantitative estimate of drug-likeness (QED) is 0.203. The lowest BCUT2D eigenvalue weighted by molar-refractivity contribution is -0.123. The van der Waals surface area contributed by atoms with Gasteiger partial charge in [-0.3, -0.25) is 14.4 Å². The van der Waals surface area contributed by atoms with Crippen molar-refractivity contribution in [2.24, 2.45) is 0 Å². The van der Waals surface area contributed by atoms with Crippen LogP contribution in [0.25, 0.3) is 0 Å². The molecule has 0 radical (unpaired) electrons. The maximum atomic E-state index is 13.8. The van der Waals surface area contributed by atoms with Gasteiger partial charge in [-0.25, -0.2) is 0 Å². The summed E-state index contributed by atoms with van der Waals surface area (Å²) in [6.07, 6.45) is 8.13. The van der Waals surface area contributed by atoms with Gasteiger partial charge in [0.2, 0.25) is 11.8 Å². The predicted molar refractivity (Wildman–Crippen MR) is 176 cm³/mol. The van der Waals surface area contributed by atoms with Crippen molar-refractivity contribution in [3.8, 4) is 0 Å². The molecule has 4 rings (SSSR count). The van der Waals surface area contributed by atoms with Crippen molar-refractivity contribution in [3.05, 3.63) is 59.7 Å². The van der Waals surface area contributed by atoms with Gasteiger partial charge in [0.05, 0.1) is 18.2 Å². The number of benzene rings is 2. The van der Waals surface area contributed by atoms with Crippen LogP contribution in [0.2, 0.25) is 0 Å². The molecule has 1 unspecified atom stereocenters. The van der Waals surface area contributed by atoms with E-state index in [-0.39, 0.29) is 36.3 Å². The Balaban J connectivity index is 1.49. The number of rotatable bonds is 15. The van der Waals surface area contributed by atoms with Crippen LogP contribution in [0, 0.1) is 0 Å². The first kappa shape index (κ1) is 33.5. The molecule has 3 atom stereocenters. The SMILES string of the molecule is CCC(CC)Nc1cc(C(=O)NC(Cc2ccccc2)[C@H](O)CN[C@@H](C)C(=O)NC2CCCCC2)cc(N2CCCC2=O)c1. The molecule has 2 aromatic carbocycles. The number of nitrogens with one attached hydrogen (secondary N) is 4. The van der Waals surface area contributed by atoms with E-state index in [1.807, 2.05) is 42.5 Å². The normalized spacial score (nSPS) is 17.8. The second-order valence-corrected chi connectivity index (χ2v) is 12.4. The molecule has 5 N–H and O–H groups in total. The van der Waals surface area contributed by atoms with Gasteiger partial charge in [-0.05, 0) is 69.2 Å². The topological polar surface area (TPSA) is 123 Å². The first-order chi connectivity index (χ1) is 21.3. The molecule has 2 aromatic rings. The Bertz CT molecular complexity index is 1230. The molecule has 240 valence electrons. The number of carbonyl (C=O) groups is 3. The molecule has 0 aromatic heterocycles. The highest BCUT2D eigenvalue weighted by Gasteiger charge is 2.27. The Kier molecular flexibility index (Phi) is 12.6. The van der Waals surface area contributed by atoms with Gasteiger partial charge in [-0.15, -0.1) is 0 Å². The van der Waals surface area contributed by atoms with Gasteiger partial charge in [-0.2, -0.15) is 0 Å². The fraction of sp³-hybridized carbons (Fsp3) is 0.571. The third kappa shape index (κ3) is 9.53. The number of anilines is 2. The fourth-order valence-corrected chi connectivity index (χ4v) is 6.14. The van der Waals surface area contributed by atoms with Gasteiger partial charge in [0.1, 0.15) is 0 Å². The minimum absolute atomic E-state index is 0.0566. The van der Waals surface area contributed by atoms with Crippen LogP contribution in [0.5, 0.6) is 0 Å². The molecule has 0 spiro atoms.